The summed E-state index contributed by atoms with van der Waals surface area (Å²) in [4.78, 5) is 2.44. The SMILES string of the molecule is CC12C=CC=CC1=C(N(C1=CC=CC3(C)c4ccccc4OC13)c1ccc(-c3ccc(-c4ccccc4)cc3)cc1)C=CC2. The van der Waals surface area contributed by atoms with Crippen molar-refractivity contribution >= 4 is 5.69 Å². The van der Waals surface area contributed by atoms with E-state index in [0.29, 0.717) is 0 Å². The van der Waals surface area contributed by atoms with Gasteiger partial charge in [-0.25, -0.2) is 0 Å². The minimum atomic E-state index is -0.255. The van der Waals surface area contributed by atoms with Crippen molar-refractivity contribution in [3.8, 4) is 28.0 Å². The highest BCUT2D eigenvalue weighted by Crippen LogP contribution is 2.51. The highest BCUT2D eigenvalue weighted by atomic mass is 16.5. The number of nitrogens with zero attached hydrogens (tertiary/aromatic N) is 1. The molecule has 0 saturated heterocycles. The summed E-state index contributed by atoms with van der Waals surface area (Å²) in [7, 11) is 0. The molecule has 1 heterocycles. The fraction of sp³-hybridized carbons (Fsp3) is 0.143. The molecule has 0 radical (unpaired) electrons. The van der Waals surface area contributed by atoms with Crippen LogP contribution >= 0.6 is 0 Å². The van der Waals surface area contributed by atoms with Crippen LogP contribution in [0.4, 0.5) is 5.69 Å². The number of ether oxygens (including phenoxy) is 1. The largest absolute Gasteiger partial charge is 0.483 e. The van der Waals surface area contributed by atoms with Crippen molar-refractivity contribution in [3.05, 3.63) is 180 Å². The molecule has 0 amide bonds. The van der Waals surface area contributed by atoms with Gasteiger partial charge in [-0.2, -0.15) is 0 Å². The lowest BCUT2D eigenvalue weighted by atomic mass is 9.72. The summed E-state index contributed by atoms with van der Waals surface area (Å²) >= 11 is 0. The summed E-state index contributed by atoms with van der Waals surface area (Å²) in [6.07, 6.45) is 21.2. The van der Waals surface area contributed by atoms with Crippen molar-refractivity contribution in [1.82, 2.24) is 0 Å². The second-order valence-electron chi connectivity index (χ2n) is 12.6. The van der Waals surface area contributed by atoms with Crippen molar-refractivity contribution in [1.29, 1.82) is 0 Å². The smallest absolute Gasteiger partial charge is 0.152 e. The Morgan fingerprint density at radius 2 is 1.32 bits per heavy atom. The minimum absolute atomic E-state index is 0.0502. The Morgan fingerprint density at radius 3 is 2.07 bits per heavy atom. The molecule has 214 valence electrons. The monoisotopic (exact) mass is 569 g/mol. The molecule has 1 aliphatic heterocycles. The lowest BCUT2D eigenvalue weighted by molar-refractivity contribution is 0.212. The summed E-state index contributed by atoms with van der Waals surface area (Å²) in [5.74, 6) is 0.967. The van der Waals surface area contributed by atoms with Gasteiger partial charge >= 0.3 is 0 Å². The van der Waals surface area contributed by atoms with E-state index in [1.807, 2.05) is 0 Å². The molecule has 4 aromatic rings. The van der Waals surface area contributed by atoms with Gasteiger partial charge in [-0.15, -0.1) is 0 Å². The number of para-hydroxylation sites is 1. The van der Waals surface area contributed by atoms with Crippen LogP contribution in [0.3, 0.4) is 0 Å². The number of rotatable bonds is 5. The van der Waals surface area contributed by atoms with Crippen LogP contribution in [-0.2, 0) is 5.41 Å². The number of hydrogen-bond donors (Lipinski definition) is 0. The lowest BCUT2D eigenvalue weighted by Crippen LogP contribution is -2.43. The molecule has 0 fully saturated rings. The van der Waals surface area contributed by atoms with Gasteiger partial charge in [-0.1, -0.05) is 134 Å². The Bertz CT molecular complexity index is 1920. The fourth-order valence-electron chi connectivity index (χ4n) is 7.25. The van der Waals surface area contributed by atoms with E-state index in [-0.39, 0.29) is 16.9 Å². The molecule has 4 aliphatic rings. The molecule has 0 saturated carbocycles. The zero-order chi connectivity index (χ0) is 29.7. The van der Waals surface area contributed by atoms with Crippen molar-refractivity contribution in [3.63, 3.8) is 0 Å². The maximum Gasteiger partial charge on any atom is 0.152 e. The van der Waals surface area contributed by atoms with Gasteiger partial charge in [-0.05, 0) is 71.5 Å². The molecular weight excluding hydrogens is 534 g/mol. The summed E-state index contributed by atoms with van der Waals surface area (Å²) in [6.45, 7) is 4.64. The Balaban J connectivity index is 1.21. The Labute approximate surface area is 260 Å². The summed E-state index contributed by atoms with van der Waals surface area (Å²) in [5.41, 5.74) is 10.6. The van der Waals surface area contributed by atoms with Crippen molar-refractivity contribution in [2.24, 2.45) is 5.41 Å². The first kappa shape index (κ1) is 26.5. The molecule has 3 aliphatic carbocycles. The van der Waals surface area contributed by atoms with E-state index in [1.165, 1.54) is 39.1 Å². The molecule has 0 N–H and O–H groups in total. The average Bonchev–Trinajstić information content (AvgIpc) is 3.38. The van der Waals surface area contributed by atoms with Crippen molar-refractivity contribution < 1.29 is 4.74 Å². The van der Waals surface area contributed by atoms with Gasteiger partial charge < -0.3 is 9.64 Å². The highest BCUT2D eigenvalue weighted by molar-refractivity contribution is 5.74. The van der Waals surface area contributed by atoms with Crippen molar-refractivity contribution in [2.75, 3.05) is 4.90 Å². The molecule has 3 unspecified atom stereocenters. The van der Waals surface area contributed by atoms with Gasteiger partial charge in [0.1, 0.15) is 5.75 Å². The maximum absolute atomic E-state index is 6.78. The molecule has 4 aromatic carbocycles. The molecule has 8 rings (SSSR count). The normalized spacial score (nSPS) is 24.3. The molecule has 2 heteroatoms. The second kappa shape index (κ2) is 10.3. The quantitative estimate of drug-likeness (QED) is 0.237. The first-order valence-electron chi connectivity index (χ1n) is 15.5. The van der Waals surface area contributed by atoms with Crippen LogP contribution in [0.1, 0.15) is 25.8 Å². The van der Waals surface area contributed by atoms with E-state index in [9.17, 15) is 0 Å². The third-order valence-corrected chi connectivity index (χ3v) is 9.73. The lowest BCUT2D eigenvalue weighted by Gasteiger charge is -2.42. The zero-order valence-electron chi connectivity index (χ0n) is 25.2. The average molecular weight is 570 g/mol. The van der Waals surface area contributed by atoms with Crippen LogP contribution in [-0.4, -0.2) is 6.10 Å². The summed E-state index contributed by atoms with van der Waals surface area (Å²) < 4.78 is 6.78. The molecule has 3 atom stereocenters. The van der Waals surface area contributed by atoms with Crippen LogP contribution in [0.25, 0.3) is 22.3 Å². The van der Waals surface area contributed by atoms with Gasteiger partial charge in [0, 0.05) is 22.4 Å². The van der Waals surface area contributed by atoms with E-state index in [0.717, 1.165) is 23.6 Å². The van der Waals surface area contributed by atoms with Gasteiger partial charge in [0.05, 0.1) is 11.1 Å². The van der Waals surface area contributed by atoms with E-state index in [4.69, 9.17) is 4.74 Å². The third-order valence-electron chi connectivity index (χ3n) is 9.73. The van der Waals surface area contributed by atoms with Gasteiger partial charge in [0.2, 0.25) is 0 Å². The van der Waals surface area contributed by atoms with Crippen LogP contribution in [0.15, 0.2) is 175 Å². The molecule has 2 nitrogen and oxygen atoms in total. The number of benzene rings is 4. The number of hydrogen-bond acceptors (Lipinski definition) is 2. The predicted octanol–water partition coefficient (Wildman–Crippen LogP) is 10.3. The molecule has 0 aromatic heterocycles. The highest BCUT2D eigenvalue weighted by Gasteiger charge is 2.48. The van der Waals surface area contributed by atoms with Crippen LogP contribution in [0.5, 0.6) is 5.75 Å². The summed E-state index contributed by atoms with van der Waals surface area (Å²) in [5, 5.41) is 0. The first-order valence-corrected chi connectivity index (χ1v) is 15.5. The van der Waals surface area contributed by atoms with Gasteiger partial charge in [0.25, 0.3) is 0 Å². The molecular formula is C42H35NO. The van der Waals surface area contributed by atoms with E-state index in [1.54, 1.807) is 0 Å². The molecule has 0 spiro atoms. The second-order valence-corrected chi connectivity index (χ2v) is 12.6. The van der Waals surface area contributed by atoms with E-state index >= 15 is 0 Å². The third kappa shape index (κ3) is 4.25. The van der Waals surface area contributed by atoms with Gasteiger partial charge in [-0.3, -0.25) is 0 Å². The maximum atomic E-state index is 6.78. The number of fused-ring (bicyclic) bond motifs is 4. The topological polar surface area (TPSA) is 12.5 Å². The Morgan fingerprint density at radius 1 is 0.659 bits per heavy atom. The Hall–Kier alpha value is -5.08. The van der Waals surface area contributed by atoms with E-state index < -0.39 is 0 Å². The number of allylic oxidation sites excluding steroid dienone is 9. The van der Waals surface area contributed by atoms with Crippen LogP contribution in [0.2, 0.25) is 0 Å². The predicted molar refractivity (Wildman–Crippen MR) is 182 cm³/mol. The van der Waals surface area contributed by atoms with E-state index in [2.05, 4.69) is 177 Å². The first-order chi connectivity index (χ1) is 21.5. The Kier molecular flexibility index (Phi) is 6.20. The van der Waals surface area contributed by atoms with Crippen LogP contribution < -0.4 is 9.64 Å². The number of anilines is 1. The fourth-order valence-corrected chi connectivity index (χ4v) is 7.25. The van der Waals surface area contributed by atoms with Crippen molar-refractivity contribution in [2.45, 2.75) is 31.8 Å². The minimum Gasteiger partial charge on any atom is -0.483 e. The summed E-state index contributed by atoms with van der Waals surface area (Å²) in [6, 6.07) is 36.9. The molecule has 0 bridgehead atoms. The standard InChI is InChI=1S/C42H35NO/c1-41-27-9-8-14-35(41)37(16-10-28-41)43(38-17-11-29-42(2)36-15-6-7-18-39(36)44-40(38)42)34-25-23-33(24-26-34)32-21-19-31(20-22-32)30-12-4-3-5-13-30/h3-27,29,40H,28H2,1-2H3. The molecule has 44 heavy (non-hydrogen) atoms. The zero-order valence-corrected chi connectivity index (χ0v) is 25.2. The van der Waals surface area contributed by atoms with Crippen LogP contribution in [0, 0.1) is 5.41 Å². The van der Waals surface area contributed by atoms with Gasteiger partial charge in [0.15, 0.2) is 6.10 Å².